The van der Waals surface area contributed by atoms with Crippen LogP contribution >= 0.6 is 0 Å². The zero-order chi connectivity index (χ0) is 23.1. The van der Waals surface area contributed by atoms with Crippen LogP contribution in [0.3, 0.4) is 0 Å². The zero-order valence-corrected chi connectivity index (χ0v) is 19.0. The minimum Gasteiger partial charge on any atom is -0.494 e. The average molecular weight is 460 g/mol. The smallest absolute Gasteiger partial charge is 0.243 e. The van der Waals surface area contributed by atoms with Gasteiger partial charge in [0.05, 0.1) is 18.0 Å². The Morgan fingerprint density at radius 1 is 1.06 bits per heavy atom. The Morgan fingerprint density at radius 3 is 2.25 bits per heavy atom. The highest BCUT2D eigenvalue weighted by Crippen LogP contribution is 2.23. The Hall–Kier alpha value is -2.91. The van der Waals surface area contributed by atoms with Gasteiger partial charge in [0, 0.05) is 25.6 Å². The van der Waals surface area contributed by atoms with Crippen molar-refractivity contribution in [1.82, 2.24) is 9.21 Å². The Labute approximate surface area is 189 Å². The van der Waals surface area contributed by atoms with Gasteiger partial charge in [-0.3, -0.25) is 9.59 Å². The second-order valence-electron chi connectivity index (χ2n) is 7.72. The maximum Gasteiger partial charge on any atom is 0.243 e. The van der Waals surface area contributed by atoms with E-state index in [1.54, 1.807) is 17.0 Å². The summed E-state index contributed by atoms with van der Waals surface area (Å²) < 4.78 is 33.4. The number of ether oxygens (including phenoxy) is 1. The second kappa shape index (κ2) is 10.6. The SMILES string of the molecule is CCOc1ccc(S(=O)(=O)N(CC(=O)N2CCC(C(N)=O)CC2)Cc2ccccc2)cc1. The summed E-state index contributed by atoms with van der Waals surface area (Å²) >= 11 is 0. The van der Waals surface area contributed by atoms with Crippen LogP contribution in [0.2, 0.25) is 0 Å². The van der Waals surface area contributed by atoms with Crippen LogP contribution in [-0.4, -0.2) is 55.7 Å². The Morgan fingerprint density at radius 2 is 1.69 bits per heavy atom. The third kappa shape index (κ3) is 5.86. The van der Waals surface area contributed by atoms with Crippen molar-refractivity contribution in [2.45, 2.75) is 31.2 Å². The Balaban J connectivity index is 1.80. The number of hydrogen-bond donors (Lipinski definition) is 1. The van der Waals surface area contributed by atoms with Crippen molar-refractivity contribution in [3.05, 3.63) is 60.2 Å². The van der Waals surface area contributed by atoms with Gasteiger partial charge in [0.2, 0.25) is 21.8 Å². The number of carbonyl (C=O) groups is 2. The van der Waals surface area contributed by atoms with E-state index in [1.165, 1.54) is 16.4 Å². The summed E-state index contributed by atoms with van der Waals surface area (Å²) in [6.07, 6.45) is 0.983. The Bertz CT molecular complexity index is 1020. The molecular formula is C23H29N3O5S. The van der Waals surface area contributed by atoms with Gasteiger partial charge in [0.15, 0.2) is 0 Å². The molecule has 172 valence electrons. The maximum absolute atomic E-state index is 13.4. The molecule has 1 fully saturated rings. The number of likely N-dealkylation sites (tertiary alicyclic amines) is 1. The highest BCUT2D eigenvalue weighted by Gasteiger charge is 2.31. The van der Waals surface area contributed by atoms with Crippen molar-refractivity contribution >= 4 is 21.8 Å². The van der Waals surface area contributed by atoms with Crippen LogP contribution < -0.4 is 10.5 Å². The number of benzene rings is 2. The topological polar surface area (TPSA) is 110 Å². The van der Waals surface area contributed by atoms with Crippen molar-refractivity contribution in [1.29, 1.82) is 0 Å². The minimum atomic E-state index is -3.93. The number of nitrogens with zero attached hydrogens (tertiary/aromatic N) is 2. The number of rotatable bonds is 9. The maximum atomic E-state index is 13.4. The van der Waals surface area contributed by atoms with Crippen molar-refractivity contribution in [2.24, 2.45) is 11.7 Å². The lowest BCUT2D eigenvalue weighted by atomic mass is 9.96. The fourth-order valence-electron chi connectivity index (χ4n) is 3.70. The molecule has 2 N–H and O–H groups in total. The standard InChI is InChI=1S/C23H29N3O5S/c1-2-31-20-8-10-21(11-9-20)32(29,30)26(16-18-6-4-3-5-7-18)17-22(27)25-14-12-19(13-15-25)23(24)28/h3-11,19H,2,12-17H2,1H3,(H2,24,28). The number of nitrogens with two attached hydrogens (primary N) is 1. The summed E-state index contributed by atoms with van der Waals surface area (Å²) in [6, 6.07) is 15.3. The summed E-state index contributed by atoms with van der Waals surface area (Å²) in [4.78, 5) is 26.1. The molecule has 0 unspecified atom stereocenters. The molecule has 1 heterocycles. The molecule has 2 aromatic rings. The predicted molar refractivity (Wildman–Crippen MR) is 120 cm³/mol. The molecule has 0 bridgehead atoms. The first-order chi connectivity index (χ1) is 15.3. The van der Waals surface area contributed by atoms with Crippen LogP contribution in [0.15, 0.2) is 59.5 Å². The van der Waals surface area contributed by atoms with Crippen LogP contribution in [0.5, 0.6) is 5.75 Å². The molecule has 3 rings (SSSR count). The third-order valence-electron chi connectivity index (χ3n) is 5.54. The van der Waals surface area contributed by atoms with Crippen molar-refractivity contribution in [3.8, 4) is 5.75 Å². The normalized spacial score (nSPS) is 15.0. The molecule has 0 radical (unpaired) electrons. The number of hydrogen-bond acceptors (Lipinski definition) is 5. The Kier molecular flexibility index (Phi) is 7.87. The van der Waals surface area contributed by atoms with E-state index in [0.29, 0.717) is 38.3 Å². The lowest BCUT2D eigenvalue weighted by molar-refractivity contribution is -0.135. The van der Waals surface area contributed by atoms with Gasteiger partial charge < -0.3 is 15.4 Å². The molecule has 2 aromatic carbocycles. The van der Waals surface area contributed by atoms with Gasteiger partial charge in [-0.1, -0.05) is 30.3 Å². The van der Waals surface area contributed by atoms with E-state index in [2.05, 4.69) is 0 Å². The molecule has 0 spiro atoms. The van der Waals surface area contributed by atoms with Gasteiger partial charge >= 0.3 is 0 Å². The lowest BCUT2D eigenvalue weighted by Gasteiger charge is -2.32. The summed E-state index contributed by atoms with van der Waals surface area (Å²) in [5, 5.41) is 0. The van der Waals surface area contributed by atoms with Gasteiger partial charge in [-0.15, -0.1) is 0 Å². The predicted octanol–water partition coefficient (Wildman–Crippen LogP) is 2.00. The molecule has 32 heavy (non-hydrogen) atoms. The summed E-state index contributed by atoms with van der Waals surface area (Å²) in [7, 11) is -3.93. The van der Waals surface area contributed by atoms with E-state index in [-0.39, 0.29) is 35.7 Å². The van der Waals surface area contributed by atoms with E-state index in [4.69, 9.17) is 10.5 Å². The lowest BCUT2D eigenvalue weighted by Crippen LogP contribution is -2.46. The molecule has 2 amide bonds. The van der Waals surface area contributed by atoms with Gasteiger partial charge in [0.25, 0.3) is 0 Å². The first-order valence-electron chi connectivity index (χ1n) is 10.6. The quantitative estimate of drug-likeness (QED) is 0.617. The number of carbonyl (C=O) groups excluding carboxylic acids is 2. The molecule has 9 heteroatoms. The zero-order valence-electron chi connectivity index (χ0n) is 18.1. The summed E-state index contributed by atoms with van der Waals surface area (Å²) in [6.45, 7) is 2.88. The first-order valence-corrected chi connectivity index (χ1v) is 12.1. The monoisotopic (exact) mass is 459 g/mol. The molecule has 0 atom stereocenters. The largest absolute Gasteiger partial charge is 0.494 e. The average Bonchev–Trinajstić information content (AvgIpc) is 2.80. The minimum absolute atomic E-state index is 0.0693. The van der Waals surface area contributed by atoms with Gasteiger partial charge in [-0.2, -0.15) is 4.31 Å². The molecule has 1 aliphatic rings. The van der Waals surface area contributed by atoms with Crippen LogP contribution in [0, 0.1) is 5.92 Å². The van der Waals surface area contributed by atoms with E-state index in [9.17, 15) is 18.0 Å². The van der Waals surface area contributed by atoms with Gasteiger partial charge in [0.1, 0.15) is 5.75 Å². The number of sulfonamides is 1. The van der Waals surface area contributed by atoms with Crippen LogP contribution in [-0.2, 0) is 26.2 Å². The van der Waals surface area contributed by atoms with E-state index < -0.39 is 10.0 Å². The highest BCUT2D eigenvalue weighted by molar-refractivity contribution is 7.89. The van der Waals surface area contributed by atoms with Crippen LogP contribution in [0.1, 0.15) is 25.3 Å². The third-order valence-corrected chi connectivity index (χ3v) is 7.34. The van der Waals surface area contributed by atoms with Gasteiger partial charge in [-0.05, 0) is 49.6 Å². The number of amides is 2. The summed E-state index contributed by atoms with van der Waals surface area (Å²) in [5.74, 6) is -0.319. The molecule has 0 saturated carbocycles. The molecule has 1 aliphatic heterocycles. The van der Waals surface area contributed by atoms with E-state index >= 15 is 0 Å². The summed E-state index contributed by atoms with van der Waals surface area (Å²) in [5.41, 5.74) is 6.15. The molecular weight excluding hydrogens is 430 g/mol. The van der Waals surface area contributed by atoms with Crippen LogP contribution in [0.25, 0.3) is 0 Å². The first kappa shape index (κ1) is 23.7. The fourth-order valence-corrected chi connectivity index (χ4v) is 5.08. The molecule has 0 aromatic heterocycles. The second-order valence-corrected chi connectivity index (χ2v) is 9.66. The molecule has 8 nitrogen and oxygen atoms in total. The van der Waals surface area contributed by atoms with Crippen molar-refractivity contribution in [3.63, 3.8) is 0 Å². The molecule has 0 aliphatic carbocycles. The number of primary amides is 1. The van der Waals surface area contributed by atoms with Crippen LogP contribution in [0.4, 0.5) is 0 Å². The van der Waals surface area contributed by atoms with Crippen molar-refractivity contribution in [2.75, 3.05) is 26.2 Å². The van der Waals surface area contributed by atoms with E-state index in [0.717, 1.165) is 5.56 Å². The fraction of sp³-hybridized carbons (Fsp3) is 0.391. The van der Waals surface area contributed by atoms with Crippen molar-refractivity contribution < 1.29 is 22.7 Å². The van der Waals surface area contributed by atoms with E-state index in [1.807, 2.05) is 37.3 Å². The number of piperidine rings is 1. The highest BCUT2D eigenvalue weighted by atomic mass is 32.2. The molecule has 1 saturated heterocycles. The van der Waals surface area contributed by atoms with Gasteiger partial charge in [-0.25, -0.2) is 8.42 Å².